The molecule has 2 aromatic rings. The van der Waals surface area contributed by atoms with Crippen molar-refractivity contribution in [1.29, 1.82) is 0 Å². The van der Waals surface area contributed by atoms with Crippen molar-refractivity contribution in [2.24, 2.45) is 0 Å². The van der Waals surface area contributed by atoms with E-state index < -0.39 is 14.4 Å². The highest BCUT2D eigenvalue weighted by atomic mass is 28.4. The fourth-order valence-electron chi connectivity index (χ4n) is 2.60. The van der Waals surface area contributed by atoms with Gasteiger partial charge < -0.3 is 24.3 Å². The zero-order valence-corrected chi connectivity index (χ0v) is 20.2. The van der Waals surface area contributed by atoms with Crippen LogP contribution in [0.2, 0.25) is 18.1 Å². The summed E-state index contributed by atoms with van der Waals surface area (Å²) in [7, 11) is -0.179. The van der Waals surface area contributed by atoms with Crippen LogP contribution in [0.25, 0.3) is 0 Å². The van der Waals surface area contributed by atoms with E-state index in [-0.39, 0.29) is 11.6 Å². The van der Waals surface area contributed by atoms with Crippen molar-refractivity contribution in [3.8, 4) is 17.2 Å². The number of aliphatic hydroxyl groups excluding tert-OH is 1. The van der Waals surface area contributed by atoms with E-state index in [1.165, 1.54) is 5.56 Å². The maximum Gasteiger partial charge on any atom is 0.250 e. The van der Waals surface area contributed by atoms with Crippen molar-refractivity contribution in [2.75, 3.05) is 26.8 Å². The maximum absolute atomic E-state index is 10.1. The van der Waals surface area contributed by atoms with Crippen LogP contribution in [0, 0.1) is 0 Å². The van der Waals surface area contributed by atoms with Crippen molar-refractivity contribution in [3.63, 3.8) is 0 Å². The van der Waals surface area contributed by atoms with E-state index in [0.29, 0.717) is 6.54 Å². The molecular formula is C24H37NO4Si. The zero-order valence-electron chi connectivity index (χ0n) is 19.2. The smallest absolute Gasteiger partial charge is 0.250 e. The third-order valence-electron chi connectivity index (χ3n) is 5.57. The third kappa shape index (κ3) is 7.67. The summed E-state index contributed by atoms with van der Waals surface area (Å²) >= 11 is 0. The van der Waals surface area contributed by atoms with Gasteiger partial charge in [-0.25, -0.2) is 0 Å². The van der Waals surface area contributed by atoms with Crippen LogP contribution in [-0.2, 0) is 6.42 Å². The van der Waals surface area contributed by atoms with Gasteiger partial charge in [0.2, 0.25) is 8.32 Å². The van der Waals surface area contributed by atoms with Crippen LogP contribution < -0.4 is 19.2 Å². The molecule has 0 spiro atoms. The molecule has 0 unspecified atom stereocenters. The molecular weight excluding hydrogens is 394 g/mol. The Kier molecular flexibility index (Phi) is 8.76. The van der Waals surface area contributed by atoms with Crippen LogP contribution in [0.3, 0.4) is 0 Å². The van der Waals surface area contributed by atoms with Gasteiger partial charge in [-0.2, -0.15) is 0 Å². The van der Waals surface area contributed by atoms with Crippen LogP contribution in [0.4, 0.5) is 0 Å². The lowest BCUT2D eigenvalue weighted by atomic mass is 10.1. The Bertz CT molecular complexity index is 754. The van der Waals surface area contributed by atoms with Gasteiger partial charge in [0.25, 0.3) is 0 Å². The summed E-state index contributed by atoms with van der Waals surface area (Å²) in [5.74, 6) is 2.46. The van der Waals surface area contributed by atoms with Crippen molar-refractivity contribution in [1.82, 2.24) is 5.32 Å². The molecule has 0 saturated carbocycles. The van der Waals surface area contributed by atoms with E-state index >= 15 is 0 Å². The molecule has 0 saturated heterocycles. The second-order valence-electron chi connectivity index (χ2n) is 9.10. The molecule has 2 N–H and O–H groups in total. The van der Waals surface area contributed by atoms with E-state index in [4.69, 9.17) is 13.9 Å². The average molecular weight is 432 g/mol. The van der Waals surface area contributed by atoms with Crippen LogP contribution in [0.1, 0.15) is 26.3 Å². The highest BCUT2D eigenvalue weighted by Crippen LogP contribution is 2.37. The molecule has 1 atom stereocenters. The Morgan fingerprint density at radius 3 is 2.07 bits per heavy atom. The Labute approximate surface area is 182 Å². The molecule has 6 heteroatoms. The van der Waals surface area contributed by atoms with Gasteiger partial charge in [0.15, 0.2) is 0 Å². The molecule has 166 valence electrons. The second kappa shape index (κ2) is 10.8. The molecule has 0 bridgehead atoms. The van der Waals surface area contributed by atoms with Crippen LogP contribution in [0.5, 0.6) is 17.2 Å². The van der Waals surface area contributed by atoms with Gasteiger partial charge in [-0.3, -0.25) is 0 Å². The maximum atomic E-state index is 10.1. The molecule has 0 aromatic heterocycles. The first kappa shape index (κ1) is 24.2. The standard InChI is InChI=1S/C24H37NO4Si/c1-24(2,3)30(5,6)29-23-13-11-22(12-14-23)28-18-20(26)17-25-16-15-19-7-9-21(27-4)10-8-19/h7-14,20,25-26H,15-18H2,1-6H3/t20-/m0/s1. The van der Waals surface area contributed by atoms with E-state index in [0.717, 1.165) is 30.2 Å². The van der Waals surface area contributed by atoms with Crippen LogP contribution in [-0.4, -0.2) is 46.3 Å². The van der Waals surface area contributed by atoms with E-state index in [1.54, 1.807) is 7.11 Å². The number of aliphatic hydroxyl groups is 1. The minimum atomic E-state index is -1.84. The molecule has 2 rings (SSSR count). The Balaban J connectivity index is 1.68. The quantitative estimate of drug-likeness (QED) is 0.401. The lowest BCUT2D eigenvalue weighted by Crippen LogP contribution is -2.43. The fraction of sp³-hybridized carbons (Fsp3) is 0.500. The van der Waals surface area contributed by atoms with Gasteiger partial charge >= 0.3 is 0 Å². The summed E-state index contributed by atoms with van der Waals surface area (Å²) in [5, 5.41) is 13.6. The van der Waals surface area contributed by atoms with Gasteiger partial charge in [0, 0.05) is 6.54 Å². The molecule has 30 heavy (non-hydrogen) atoms. The van der Waals surface area contributed by atoms with Gasteiger partial charge in [-0.05, 0) is 73.1 Å². The summed E-state index contributed by atoms with van der Waals surface area (Å²) in [6, 6.07) is 15.7. The first-order valence-corrected chi connectivity index (χ1v) is 13.4. The van der Waals surface area contributed by atoms with Crippen molar-refractivity contribution >= 4 is 8.32 Å². The predicted octanol–water partition coefficient (Wildman–Crippen LogP) is 4.65. The Morgan fingerprint density at radius 1 is 0.933 bits per heavy atom. The SMILES string of the molecule is COc1ccc(CCNC[C@H](O)COc2ccc(O[Si](C)(C)C(C)(C)C)cc2)cc1. The minimum Gasteiger partial charge on any atom is -0.543 e. The van der Waals surface area contributed by atoms with E-state index in [9.17, 15) is 5.11 Å². The molecule has 5 nitrogen and oxygen atoms in total. The number of ether oxygens (including phenoxy) is 2. The molecule has 0 aliphatic carbocycles. The van der Waals surface area contributed by atoms with Crippen LogP contribution in [0.15, 0.2) is 48.5 Å². The molecule has 0 aliphatic heterocycles. The molecule has 0 fully saturated rings. The summed E-state index contributed by atoms with van der Waals surface area (Å²) in [5.41, 5.74) is 1.23. The topological polar surface area (TPSA) is 60.0 Å². The largest absolute Gasteiger partial charge is 0.543 e. The number of benzene rings is 2. The predicted molar refractivity (Wildman–Crippen MR) is 125 cm³/mol. The monoisotopic (exact) mass is 431 g/mol. The summed E-state index contributed by atoms with van der Waals surface area (Å²) < 4.78 is 17.2. The summed E-state index contributed by atoms with van der Waals surface area (Å²) in [4.78, 5) is 0. The first-order valence-electron chi connectivity index (χ1n) is 10.5. The lowest BCUT2D eigenvalue weighted by Gasteiger charge is -2.36. The highest BCUT2D eigenvalue weighted by molar-refractivity contribution is 6.74. The Hall–Kier alpha value is -2.02. The van der Waals surface area contributed by atoms with Crippen molar-refractivity contribution in [3.05, 3.63) is 54.1 Å². The fourth-order valence-corrected chi connectivity index (χ4v) is 3.63. The molecule has 0 radical (unpaired) electrons. The molecule has 0 aliphatic rings. The summed E-state index contributed by atoms with van der Waals surface area (Å²) in [6.45, 7) is 12.7. The average Bonchev–Trinajstić information content (AvgIpc) is 2.70. The van der Waals surface area contributed by atoms with Gasteiger partial charge in [0.05, 0.1) is 7.11 Å². The number of rotatable bonds is 11. The second-order valence-corrected chi connectivity index (χ2v) is 13.8. The van der Waals surface area contributed by atoms with E-state index in [2.05, 4.69) is 51.3 Å². The van der Waals surface area contributed by atoms with Gasteiger partial charge in [0.1, 0.15) is 30.0 Å². The summed E-state index contributed by atoms with van der Waals surface area (Å²) in [6.07, 6.45) is 0.330. The first-order chi connectivity index (χ1) is 14.1. The molecule has 0 heterocycles. The van der Waals surface area contributed by atoms with Crippen molar-refractivity contribution in [2.45, 2.75) is 51.4 Å². The number of nitrogens with one attached hydrogen (secondary N) is 1. The number of hydrogen-bond donors (Lipinski definition) is 2. The third-order valence-corrected chi connectivity index (χ3v) is 9.93. The zero-order chi connectivity index (χ0) is 22.2. The molecule has 2 aromatic carbocycles. The van der Waals surface area contributed by atoms with Crippen molar-refractivity contribution < 1.29 is 19.0 Å². The minimum absolute atomic E-state index is 0.159. The normalized spacial score (nSPS) is 13.0. The van der Waals surface area contributed by atoms with Crippen LogP contribution >= 0.6 is 0 Å². The lowest BCUT2D eigenvalue weighted by molar-refractivity contribution is 0.106. The van der Waals surface area contributed by atoms with Gasteiger partial charge in [-0.15, -0.1) is 0 Å². The van der Waals surface area contributed by atoms with Gasteiger partial charge in [-0.1, -0.05) is 32.9 Å². The molecule has 0 amide bonds. The Morgan fingerprint density at radius 2 is 1.50 bits per heavy atom. The number of hydrogen-bond acceptors (Lipinski definition) is 5. The number of methoxy groups -OCH3 is 1. The van der Waals surface area contributed by atoms with E-state index in [1.807, 2.05) is 36.4 Å². The highest BCUT2D eigenvalue weighted by Gasteiger charge is 2.38.